The molecule has 3 rings (SSSR count). The van der Waals surface area contributed by atoms with Crippen molar-refractivity contribution >= 4 is 7.92 Å². The Kier molecular flexibility index (Phi) is 8.55. The van der Waals surface area contributed by atoms with Gasteiger partial charge in [-0.1, -0.05) is 169 Å². The van der Waals surface area contributed by atoms with E-state index in [1.54, 1.807) is 11.1 Å². The van der Waals surface area contributed by atoms with E-state index in [1.807, 2.05) is 0 Å². The Bertz CT molecular complexity index is 1040. The van der Waals surface area contributed by atoms with Crippen molar-refractivity contribution in [3.05, 3.63) is 69.8 Å². The van der Waals surface area contributed by atoms with E-state index in [0.29, 0.717) is 17.5 Å². The van der Waals surface area contributed by atoms with Crippen molar-refractivity contribution in [2.24, 2.45) is 0 Å². The lowest BCUT2D eigenvalue weighted by Crippen LogP contribution is -2.28. The third-order valence-electron chi connectivity index (χ3n) is 8.87. The Balaban J connectivity index is 2.35. The van der Waals surface area contributed by atoms with Gasteiger partial charge in [0, 0.05) is 0 Å². The second-order valence-electron chi connectivity index (χ2n) is 18.9. The fraction of sp³-hybridized carbons (Fsp3) is 0.692. The molecule has 2 unspecified atom stereocenters. The van der Waals surface area contributed by atoms with E-state index in [9.17, 15) is 0 Å². The van der Waals surface area contributed by atoms with Crippen molar-refractivity contribution in [2.45, 2.75) is 174 Å². The van der Waals surface area contributed by atoms with Crippen LogP contribution in [-0.4, -0.2) is 16.0 Å². The molecule has 0 saturated heterocycles. The van der Waals surface area contributed by atoms with Crippen LogP contribution in [0.5, 0.6) is 0 Å². The maximum atomic E-state index is 2.59. The fourth-order valence-corrected chi connectivity index (χ4v) is 11.8. The van der Waals surface area contributed by atoms with Crippen molar-refractivity contribution in [1.29, 1.82) is 0 Å². The molecule has 0 radical (unpaired) electrons. The highest BCUT2D eigenvalue weighted by Gasteiger charge is 2.60. The van der Waals surface area contributed by atoms with E-state index in [2.05, 4.69) is 161 Å². The summed E-state index contributed by atoms with van der Waals surface area (Å²) in [6.07, 6.45) is 0. The summed E-state index contributed by atoms with van der Waals surface area (Å²) in [6, 6.07) is 15.3. The lowest BCUT2D eigenvalue weighted by molar-refractivity contribution is 0.565. The molecule has 1 fully saturated rings. The Morgan fingerprint density at radius 2 is 0.600 bits per heavy atom. The van der Waals surface area contributed by atoms with Crippen LogP contribution >= 0.6 is 7.92 Å². The van der Waals surface area contributed by atoms with Crippen LogP contribution in [0, 0.1) is 0 Å². The van der Waals surface area contributed by atoms with Crippen LogP contribution in [0.15, 0.2) is 36.4 Å². The lowest BCUT2D eigenvalue weighted by atomic mass is 9.78. The minimum Gasteiger partial charge on any atom is -0.0912 e. The van der Waals surface area contributed by atoms with Gasteiger partial charge in [0.15, 0.2) is 0 Å². The zero-order valence-electron chi connectivity index (χ0n) is 29.6. The Hall–Kier alpha value is -1.13. The fourth-order valence-electron chi connectivity index (χ4n) is 6.75. The van der Waals surface area contributed by atoms with Crippen LogP contribution < -0.4 is 0 Å². The molecule has 0 N–H and O–H groups in total. The molecule has 1 heteroatoms. The van der Waals surface area contributed by atoms with Gasteiger partial charge >= 0.3 is 0 Å². The van der Waals surface area contributed by atoms with Crippen molar-refractivity contribution in [1.82, 2.24) is 0 Å². The normalized spacial score (nSPS) is 21.2. The summed E-state index contributed by atoms with van der Waals surface area (Å²) in [5.74, 6) is 1.13. The average molecular weight is 563 g/mol. The predicted octanol–water partition coefficient (Wildman–Crippen LogP) is 12.2. The van der Waals surface area contributed by atoms with Gasteiger partial charge in [-0.15, -0.1) is 0 Å². The quantitative estimate of drug-likeness (QED) is 0.326. The van der Waals surface area contributed by atoms with Crippen molar-refractivity contribution in [2.75, 3.05) is 0 Å². The van der Waals surface area contributed by atoms with Crippen LogP contribution in [-0.2, 0) is 21.7 Å². The van der Waals surface area contributed by atoms with Gasteiger partial charge in [0.25, 0.3) is 0 Å². The minimum atomic E-state index is -0.267. The molecule has 40 heavy (non-hydrogen) atoms. The zero-order valence-corrected chi connectivity index (χ0v) is 30.5. The Labute approximate surface area is 251 Å². The number of hydrogen-bond donors (Lipinski definition) is 0. The predicted molar refractivity (Wildman–Crippen MR) is 183 cm³/mol. The van der Waals surface area contributed by atoms with E-state index in [4.69, 9.17) is 0 Å². The maximum absolute atomic E-state index is 2.59. The summed E-state index contributed by atoms with van der Waals surface area (Å²) in [4.78, 5) is 0. The first-order valence-corrected chi connectivity index (χ1v) is 17.2. The van der Waals surface area contributed by atoms with Crippen LogP contribution in [0.25, 0.3) is 0 Å². The summed E-state index contributed by atoms with van der Waals surface area (Å²) in [5, 5.41) is 0.572. The Morgan fingerprint density at radius 1 is 0.375 bits per heavy atom. The van der Waals surface area contributed by atoms with Gasteiger partial charge in [-0.25, -0.2) is 0 Å². The molecule has 0 spiro atoms. The number of rotatable bonds is 3. The number of hydrogen-bond acceptors (Lipinski definition) is 0. The highest BCUT2D eigenvalue weighted by atomic mass is 31.1. The first-order chi connectivity index (χ1) is 17.6. The van der Waals surface area contributed by atoms with E-state index in [0.717, 1.165) is 0 Å². The highest BCUT2D eigenvalue weighted by Crippen LogP contribution is 2.78. The van der Waals surface area contributed by atoms with E-state index in [-0.39, 0.29) is 39.9 Å². The summed E-state index contributed by atoms with van der Waals surface area (Å²) >= 11 is 0. The zero-order chi connectivity index (χ0) is 31.0. The van der Waals surface area contributed by atoms with Crippen molar-refractivity contribution in [3.63, 3.8) is 0 Å². The monoisotopic (exact) mass is 562 g/mol. The maximum Gasteiger partial charge on any atom is -0.00124 e. The second-order valence-corrected chi connectivity index (χ2v) is 23.0. The molecule has 0 nitrogen and oxygen atoms in total. The minimum absolute atomic E-state index is 0.125. The van der Waals surface area contributed by atoms with Gasteiger partial charge in [-0.05, 0) is 82.8 Å². The topological polar surface area (TPSA) is 0 Å². The molecule has 1 aliphatic carbocycles. The first-order valence-electron chi connectivity index (χ1n) is 15.7. The lowest BCUT2D eigenvalue weighted by Gasteiger charge is -2.42. The number of benzene rings is 2. The summed E-state index contributed by atoms with van der Waals surface area (Å²) in [6.45, 7) is 43.6. The third kappa shape index (κ3) is 7.25. The van der Waals surface area contributed by atoms with E-state index in [1.165, 1.54) is 22.3 Å². The summed E-state index contributed by atoms with van der Waals surface area (Å²) in [5.41, 5.74) is 10.3. The van der Waals surface area contributed by atoms with E-state index >= 15 is 0 Å². The molecule has 2 atom stereocenters. The van der Waals surface area contributed by atoms with Gasteiger partial charge < -0.3 is 0 Å². The SMILES string of the molecule is CC(C)(C)c1cc(C2C(c3cc(C(C)(C)C)cc(C(C)(C)C)c3)C2P(C(C)(C)C)C(C)(C)C)cc(C(C)(C)C)c1. The summed E-state index contributed by atoms with van der Waals surface area (Å²) < 4.78 is 0. The molecular formula is C39H63P. The molecule has 2 aromatic rings. The van der Waals surface area contributed by atoms with Gasteiger partial charge in [-0.2, -0.15) is 0 Å². The largest absolute Gasteiger partial charge is 0.0912 e. The van der Waals surface area contributed by atoms with Crippen molar-refractivity contribution in [3.8, 4) is 0 Å². The molecule has 1 saturated carbocycles. The Morgan fingerprint density at radius 3 is 0.775 bits per heavy atom. The molecule has 0 heterocycles. The van der Waals surface area contributed by atoms with Crippen LogP contribution in [0.2, 0.25) is 0 Å². The van der Waals surface area contributed by atoms with Crippen LogP contribution in [0.3, 0.4) is 0 Å². The van der Waals surface area contributed by atoms with Gasteiger partial charge in [0.1, 0.15) is 0 Å². The smallest absolute Gasteiger partial charge is 0.00124 e. The molecule has 0 aliphatic heterocycles. The first kappa shape index (κ1) is 33.4. The standard InChI is InChI=1S/C39H63P/c1-34(2,3)27-19-25(20-28(23-27)35(4,5)6)31-32(33(31)40(38(13,14)15)39(16,17)18)26-21-29(36(7,8)9)24-30(22-26)37(10,11)12/h19-24,31-33H,1-18H3. The third-order valence-corrected chi connectivity index (χ3v) is 13.0. The van der Waals surface area contributed by atoms with Gasteiger partial charge in [0.05, 0.1) is 0 Å². The molecule has 2 aromatic carbocycles. The molecule has 1 aliphatic rings. The highest BCUT2D eigenvalue weighted by molar-refractivity contribution is 7.62. The average Bonchev–Trinajstić information content (AvgIpc) is 3.42. The molecule has 224 valence electrons. The van der Waals surface area contributed by atoms with Gasteiger partial charge in [0.2, 0.25) is 0 Å². The molecule has 0 amide bonds. The molecular weight excluding hydrogens is 499 g/mol. The summed E-state index contributed by atoms with van der Waals surface area (Å²) in [7, 11) is -0.267. The molecule has 0 bridgehead atoms. The van der Waals surface area contributed by atoms with Crippen LogP contribution in [0.1, 0.15) is 170 Å². The van der Waals surface area contributed by atoms with Crippen molar-refractivity contribution < 1.29 is 0 Å². The van der Waals surface area contributed by atoms with Crippen LogP contribution in [0.4, 0.5) is 0 Å². The molecule has 0 aromatic heterocycles. The second kappa shape index (κ2) is 10.2. The van der Waals surface area contributed by atoms with Gasteiger partial charge in [-0.3, -0.25) is 0 Å². The van der Waals surface area contributed by atoms with E-state index < -0.39 is 0 Å².